The molecule has 6 heteroatoms. The number of anilines is 1. The number of amides is 1. The lowest BCUT2D eigenvalue weighted by atomic mass is 9.96. The van der Waals surface area contributed by atoms with Crippen molar-refractivity contribution in [2.75, 3.05) is 25.0 Å². The second-order valence-electron chi connectivity index (χ2n) is 8.60. The van der Waals surface area contributed by atoms with E-state index in [9.17, 15) is 4.79 Å². The minimum atomic E-state index is 0.0326. The summed E-state index contributed by atoms with van der Waals surface area (Å²) in [5.41, 5.74) is 4.10. The maximum atomic E-state index is 13.0. The Morgan fingerprint density at radius 3 is 2.91 bits per heavy atom. The van der Waals surface area contributed by atoms with Crippen molar-refractivity contribution in [2.45, 2.75) is 25.8 Å². The first kappa shape index (κ1) is 20.5. The van der Waals surface area contributed by atoms with E-state index in [4.69, 9.17) is 0 Å². The fourth-order valence-corrected chi connectivity index (χ4v) is 4.60. The van der Waals surface area contributed by atoms with Gasteiger partial charge in [-0.1, -0.05) is 30.3 Å². The van der Waals surface area contributed by atoms with Crippen LogP contribution in [0.2, 0.25) is 0 Å². The summed E-state index contributed by atoms with van der Waals surface area (Å²) in [5, 5.41) is 8.61. The molecule has 1 aliphatic heterocycles. The van der Waals surface area contributed by atoms with E-state index in [0.29, 0.717) is 0 Å². The molecular weight excluding hydrogens is 398 g/mol. The van der Waals surface area contributed by atoms with E-state index in [-0.39, 0.29) is 11.8 Å². The van der Waals surface area contributed by atoms with Gasteiger partial charge in [0.25, 0.3) is 0 Å². The number of carbonyl (C=O) groups is 1. The zero-order chi connectivity index (χ0) is 21.8. The molecule has 1 saturated heterocycles. The van der Waals surface area contributed by atoms with E-state index >= 15 is 0 Å². The van der Waals surface area contributed by atoms with E-state index in [1.807, 2.05) is 53.5 Å². The van der Waals surface area contributed by atoms with Crippen LogP contribution in [0.15, 0.2) is 73.1 Å². The van der Waals surface area contributed by atoms with Crippen LogP contribution in [0, 0.1) is 5.92 Å². The first-order valence-electron chi connectivity index (χ1n) is 11.4. The first-order valence-corrected chi connectivity index (χ1v) is 11.4. The first-order chi connectivity index (χ1) is 15.7. The highest BCUT2D eigenvalue weighted by Gasteiger charge is 2.25. The molecule has 0 bridgehead atoms. The third-order valence-electron chi connectivity index (χ3n) is 6.27. The monoisotopic (exact) mass is 427 g/mol. The van der Waals surface area contributed by atoms with E-state index in [2.05, 4.69) is 44.6 Å². The van der Waals surface area contributed by atoms with Gasteiger partial charge in [0.1, 0.15) is 0 Å². The molecule has 2 aromatic carbocycles. The number of benzene rings is 2. The third-order valence-corrected chi connectivity index (χ3v) is 6.27. The van der Waals surface area contributed by atoms with Crippen molar-refractivity contribution >= 4 is 22.5 Å². The predicted molar refractivity (Wildman–Crippen MR) is 128 cm³/mol. The average Bonchev–Trinajstić information content (AvgIpc) is 3.49. The Labute approximate surface area is 188 Å². The van der Waals surface area contributed by atoms with Crippen LogP contribution in [-0.2, 0) is 11.3 Å². The Morgan fingerprint density at radius 2 is 2.03 bits per heavy atom. The smallest absolute Gasteiger partial charge is 0.228 e. The summed E-state index contributed by atoms with van der Waals surface area (Å²) in [6, 6.07) is 20.4. The summed E-state index contributed by atoms with van der Waals surface area (Å²) >= 11 is 0. The van der Waals surface area contributed by atoms with Crippen LogP contribution in [0.4, 0.5) is 5.69 Å². The topological polar surface area (TPSA) is 66.0 Å². The molecule has 0 spiro atoms. The molecule has 2 N–H and O–H groups in total. The molecule has 0 radical (unpaired) electrons. The van der Waals surface area contributed by atoms with Crippen molar-refractivity contribution in [3.05, 3.63) is 73.1 Å². The van der Waals surface area contributed by atoms with Crippen LogP contribution in [-0.4, -0.2) is 45.2 Å². The van der Waals surface area contributed by atoms with Gasteiger partial charge in [-0.3, -0.25) is 9.48 Å². The van der Waals surface area contributed by atoms with Gasteiger partial charge in [0, 0.05) is 53.3 Å². The zero-order valence-electron chi connectivity index (χ0n) is 18.2. The lowest BCUT2D eigenvalue weighted by Crippen LogP contribution is -2.41. The lowest BCUT2D eigenvalue weighted by molar-refractivity contribution is -0.121. The van der Waals surface area contributed by atoms with Gasteiger partial charge in [-0.05, 0) is 62.7 Å². The molecule has 1 unspecified atom stereocenters. The Balaban J connectivity index is 1.19. The summed E-state index contributed by atoms with van der Waals surface area (Å²) in [7, 11) is 0. The third kappa shape index (κ3) is 4.75. The highest BCUT2D eigenvalue weighted by Crippen LogP contribution is 2.27. The number of para-hydroxylation sites is 1. The number of nitrogens with one attached hydrogen (secondary N) is 2. The second-order valence-corrected chi connectivity index (χ2v) is 8.60. The van der Waals surface area contributed by atoms with Crippen LogP contribution in [0.25, 0.3) is 22.2 Å². The summed E-state index contributed by atoms with van der Waals surface area (Å²) in [5.74, 6) is 0.153. The summed E-state index contributed by atoms with van der Waals surface area (Å²) in [6.45, 7) is 3.81. The molecule has 1 amide bonds. The SMILES string of the molecule is O=C(Nc1cccc(-c2cc3ccccc3[nH]2)c1)C1CCCN(CCCn2cccn2)C1. The van der Waals surface area contributed by atoms with Gasteiger partial charge in [0.05, 0.1) is 5.92 Å². The van der Waals surface area contributed by atoms with Gasteiger partial charge < -0.3 is 15.2 Å². The molecular formula is C26H29N5O. The molecule has 0 saturated carbocycles. The van der Waals surface area contributed by atoms with Gasteiger partial charge in [-0.25, -0.2) is 0 Å². The molecule has 1 fully saturated rings. The number of fused-ring (bicyclic) bond motifs is 1. The number of carbonyl (C=O) groups excluding carboxylic acids is 1. The quantitative estimate of drug-likeness (QED) is 0.446. The van der Waals surface area contributed by atoms with E-state index in [1.54, 1.807) is 0 Å². The van der Waals surface area contributed by atoms with Gasteiger partial charge in [0.15, 0.2) is 0 Å². The fourth-order valence-electron chi connectivity index (χ4n) is 4.60. The predicted octanol–water partition coefficient (Wildman–Crippen LogP) is 4.77. The van der Waals surface area contributed by atoms with Crippen LogP contribution in [0.3, 0.4) is 0 Å². The number of piperidine rings is 1. The van der Waals surface area contributed by atoms with Gasteiger partial charge in [-0.2, -0.15) is 5.10 Å². The molecule has 4 aromatic rings. The maximum absolute atomic E-state index is 13.0. The highest BCUT2D eigenvalue weighted by molar-refractivity contribution is 5.94. The van der Waals surface area contributed by atoms with Crippen molar-refractivity contribution in [1.82, 2.24) is 19.7 Å². The van der Waals surface area contributed by atoms with E-state index < -0.39 is 0 Å². The number of likely N-dealkylation sites (tertiary alicyclic amines) is 1. The Kier molecular flexibility index (Phi) is 6.03. The molecule has 5 rings (SSSR count). The van der Waals surface area contributed by atoms with Gasteiger partial charge in [0.2, 0.25) is 5.91 Å². The van der Waals surface area contributed by atoms with Gasteiger partial charge in [-0.15, -0.1) is 0 Å². The number of nitrogens with zero attached hydrogens (tertiary/aromatic N) is 3. The molecule has 1 aliphatic rings. The van der Waals surface area contributed by atoms with Crippen LogP contribution in [0.5, 0.6) is 0 Å². The largest absolute Gasteiger partial charge is 0.355 e. The molecule has 3 heterocycles. The Morgan fingerprint density at radius 1 is 1.09 bits per heavy atom. The van der Waals surface area contributed by atoms with Crippen molar-refractivity contribution < 1.29 is 4.79 Å². The average molecular weight is 428 g/mol. The molecule has 32 heavy (non-hydrogen) atoms. The lowest BCUT2D eigenvalue weighted by Gasteiger charge is -2.32. The zero-order valence-corrected chi connectivity index (χ0v) is 18.2. The summed E-state index contributed by atoms with van der Waals surface area (Å²) < 4.78 is 1.97. The van der Waals surface area contributed by atoms with Crippen molar-refractivity contribution in [1.29, 1.82) is 0 Å². The van der Waals surface area contributed by atoms with Crippen LogP contribution in [0.1, 0.15) is 19.3 Å². The molecule has 0 aliphatic carbocycles. The Hall–Kier alpha value is -3.38. The standard InChI is InChI=1S/C26H29N5O/c32-26(22-9-4-13-30(19-22)14-6-16-31-15-5-12-27-31)28-23-10-3-8-20(17-23)25-18-21-7-1-2-11-24(21)29-25/h1-3,5,7-8,10-12,15,17-18,22,29H,4,6,9,13-14,16,19H2,(H,28,32). The summed E-state index contributed by atoms with van der Waals surface area (Å²) in [6.07, 6.45) is 6.87. The number of rotatable bonds is 7. The molecule has 1 atom stereocenters. The minimum absolute atomic E-state index is 0.0326. The Bertz CT molecular complexity index is 1150. The van der Waals surface area contributed by atoms with Crippen molar-refractivity contribution in [3.8, 4) is 11.3 Å². The van der Waals surface area contributed by atoms with Crippen LogP contribution < -0.4 is 5.32 Å². The highest BCUT2D eigenvalue weighted by atomic mass is 16.1. The molecule has 2 aromatic heterocycles. The second kappa shape index (κ2) is 9.40. The normalized spacial score (nSPS) is 16.9. The molecule has 164 valence electrons. The number of aromatic nitrogens is 3. The van der Waals surface area contributed by atoms with Crippen molar-refractivity contribution in [3.63, 3.8) is 0 Å². The van der Waals surface area contributed by atoms with Crippen LogP contribution >= 0.6 is 0 Å². The summed E-state index contributed by atoms with van der Waals surface area (Å²) in [4.78, 5) is 18.9. The maximum Gasteiger partial charge on any atom is 0.228 e. The van der Waals surface area contributed by atoms with E-state index in [1.165, 1.54) is 5.39 Å². The number of H-pyrrole nitrogens is 1. The number of aryl methyl sites for hydroxylation is 1. The van der Waals surface area contributed by atoms with Crippen molar-refractivity contribution in [2.24, 2.45) is 5.92 Å². The number of aromatic amines is 1. The van der Waals surface area contributed by atoms with Gasteiger partial charge >= 0.3 is 0 Å². The van der Waals surface area contributed by atoms with E-state index in [0.717, 1.165) is 67.9 Å². The molecule has 6 nitrogen and oxygen atoms in total. The fraction of sp³-hybridized carbons (Fsp3) is 0.308. The minimum Gasteiger partial charge on any atom is -0.355 e. The number of hydrogen-bond acceptors (Lipinski definition) is 3. The number of hydrogen-bond donors (Lipinski definition) is 2.